The number of hydrogen-bond acceptors (Lipinski definition) is 3. The molecule has 0 radical (unpaired) electrons. The van der Waals surface area contributed by atoms with E-state index in [-0.39, 0.29) is 5.54 Å². The van der Waals surface area contributed by atoms with Gasteiger partial charge in [-0.05, 0) is 77.4 Å². The maximum atomic E-state index is 5.61. The quantitative estimate of drug-likeness (QED) is 0.605. The smallest absolute Gasteiger partial charge is 0.119 e. The summed E-state index contributed by atoms with van der Waals surface area (Å²) in [6.45, 7) is 11.1. The molecule has 1 saturated carbocycles. The highest BCUT2D eigenvalue weighted by atomic mass is 16.5. The summed E-state index contributed by atoms with van der Waals surface area (Å²) in [6.07, 6.45) is 8.17. The largest absolute Gasteiger partial charge is 0.494 e. The van der Waals surface area contributed by atoms with Gasteiger partial charge in [-0.1, -0.05) is 25.1 Å². The normalized spacial score (nSPS) is 23.8. The zero-order valence-corrected chi connectivity index (χ0v) is 16.6. The maximum absolute atomic E-state index is 5.61. The van der Waals surface area contributed by atoms with E-state index >= 15 is 0 Å². The molecule has 1 aromatic carbocycles. The van der Waals surface area contributed by atoms with Gasteiger partial charge in [-0.2, -0.15) is 0 Å². The minimum absolute atomic E-state index is 0.146. The van der Waals surface area contributed by atoms with Crippen LogP contribution in [-0.2, 0) is 5.54 Å². The molecule has 0 aliphatic heterocycles. The lowest BCUT2D eigenvalue weighted by atomic mass is 9.73. The third-order valence-electron chi connectivity index (χ3n) is 5.73. The number of benzene rings is 1. The first kappa shape index (κ1) is 20.0. The zero-order chi connectivity index (χ0) is 18.3. The molecule has 0 spiro atoms. The molecule has 0 bridgehead atoms. The molecule has 0 unspecified atom stereocenters. The van der Waals surface area contributed by atoms with Crippen molar-refractivity contribution in [3.05, 3.63) is 42.5 Å². The van der Waals surface area contributed by atoms with Crippen LogP contribution in [0.4, 0.5) is 0 Å². The SMILES string of the molecule is C=CCN(CCC)C1CCC(c2ccc(OCC)cc2)(N(C)C)CC1. The Balaban J connectivity index is 2.13. The molecule has 0 atom stereocenters. The third kappa shape index (κ3) is 4.65. The molecule has 2 rings (SSSR count). The molecule has 3 nitrogen and oxygen atoms in total. The average Bonchev–Trinajstić information content (AvgIpc) is 2.62. The molecule has 140 valence electrons. The van der Waals surface area contributed by atoms with Crippen molar-refractivity contribution in [3.8, 4) is 5.75 Å². The summed E-state index contributed by atoms with van der Waals surface area (Å²) >= 11 is 0. The first-order valence-corrected chi connectivity index (χ1v) is 9.83. The molecule has 1 aliphatic rings. The Morgan fingerprint density at radius 3 is 2.28 bits per heavy atom. The topological polar surface area (TPSA) is 15.7 Å². The van der Waals surface area contributed by atoms with E-state index in [1.807, 2.05) is 6.92 Å². The Labute approximate surface area is 154 Å². The van der Waals surface area contributed by atoms with Crippen molar-refractivity contribution in [3.63, 3.8) is 0 Å². The highest BCUT2D eigenvalue weighted by Crippen LogP contribution is 2.42. The molecule has 0 amide bonds. The molecule has 0 saturated heterocycles. The Hall–Kier alpha value is -1.32. The van der Waals surface area contributed by atoms with Gasteiger partial charge >= 0.3 is 0 Å². The molecule has 0 N–H and O–H groups in total. The van der Waals surface area contributed by atoms with Crippen molar-refractivity contribution in [2.75, 3.05) is 33.8 Å². The fourth-order valence-corrected chi connectivity index (χ4v) is 4.34. The van der Waals surface area contributed by atoms with Gasteiger partial charge in [-0.3, -0.25) is 9.80 Å². The van der Waals surface area contributed by atoms with Crippen molar-refractivity contribution in [2.45, 2.75) is 57.5 Å². The van der Waals surface area contributed by atoms with Crippen LogP contribution in [-0.4, -0.2) is 49.6 Å². The standard InChI is InChI=1S/C22H36N2O/c1-6-17-24(18-7-2)20-13-15-22(16-14-20,23(4)5)19-9-11-21(12-10-19)25-8-3/h6,9-12,20H,1,7-8,13-18H2,2-5H3. The summed E-state index contributed by atoms with van der Waals surface area (Å²) in [5.41, 5.74) is 1.57. The van der Waals surface area contributed by atoms with E-state index in [9.17, 15) is 0 Å². The van der Waals surface area contributed by atoms with Crippen molar-refractivity contribution in [1.29, 1.82) is 0 Å². The van der Waals surface area contributed by atoms with Crippen LogP contribution in [0, 0.1) is 0 Å². The molecule has 1 aliphatic carbocycles. The fourth-order valence-electron chi connectivity index (χ4n) is 4.34. The van der Waals surface area contributed by atoms with Crippen LogP contribution in [0.3, 0.4) is 0 Å². The molecule has 0 aromatic heterocycles. The molecule has 0 heterocycles. The Kier molecular flexibility index (Phi) is 7.52. The molecule has 1 aromatic rings. The molecule has 3 heteroatoms. The minimum Gasteiger partial charge on any atom is -0.494 e. The van der Waals surface area contributed by atoms with Gasteiger partial charge in [-0.15, -0.1) is 6.58 Å². The summed E-state index contributed by atoms with van der Waals surface area (Å²) in [6, 6.07) is 9.46. The fraction of sp³-hybridized carbons (Fsp3) is 0.636. The third-order valence-corrected chi connectivity index (χ3v) is 5.73. The number of hydrogen-bond donors (Lipinski definition) is 0. The molecule has 1 fully saturated rings. The second kappa shape index (κ2) is 9.40. The Bertz CT molecular complexity index is 515. The van der Waals surface area contributed by atoms with E-state index < -0.39 is 0 Å². The van der Waals surface area contributed by atoms with Crippen LogP contribution in [0.5, 0.6) is 5.75 Å². The highest BCUT2D eigenvalue weighted by molar-refractivity contribution is 5.32. The first-order valence-electron chi connectivity index (χ1n) is 9.83. The molecular weight excluding hydrogens is 308 g/mol. The van der Waals surface area contributed by atoms with Crippen LogP contribution in [0.25, 0.3) is 0 Å². The average molecular weight is 345 g/mol. The zero-order valence-electron chi connectivity index (χ0n) is 16.6. The predicted molar refractivity (Wildman–Crippen MR) is 107 cm³/mol. The van der Waals surface area contributed by atoms with Gasteiger partial charge in [0.15, 0.2) is 0 Å². The van der Waals surface area contributed by atoms with E-state index in [0.717, 1.165) is 18.9 Å². The van der Waals surface area contributed by atoms with Gasteiger partial charge in [0.1, 0.15) is 5.75 Å². The van der Waals surface area contributed by atoms with Crippen molar-refractivity contribution >= 4 is 0 Å². The summed E-state index contributed by atoms with van der Waals surface area (Å²) < 4.78 is 5.61. The number of nitrogens with zero attached hydrogens (tertiary/aromatic N) is 2. The lowest BCUT2D eigenvalue weighted by Crippen LogP contribution is -2.49. The first-order chi connectivity index (χ1) is 12.1. The maximum Gasteiger partial charge on any atom is 0.119 e. The Morgan fingerprint density at radius 2 is 1.80 bits per heavy atom. The molecular formula is C22H36N2O. The summed E-state index contributed by atoms with van der Waals surface area (Å²) in [5, 5.41) is 0. The second-order valence-corrected chi connectivity index (χ2v) is 7.40. The summed E-state index contributed by atoms with van der Waals surface area (Å²) in [5.74, 6) is 0.967. The molecule has 25 heavy (non-hydrogen) atoms. The van der Waals surface area contributed by atoms with Crippen molar-refractivity contribution in [2.24, 2.45) is 0 Å². The predicted octanol–water partition coefficient (Wildman–Crippen LogP) is 4.68. The van der Waals surface area contributed by atoms with Gasteiger partial charge in [-0.25, -0.2) is 0 Å². The lowest BCUT2D eigenvalue weighted by Gasteiger charge is -2.47. The summed E-state index contributed by atoms with van der Waals surface area (Å²) in [7, 11) is 4.45. The van der Waals surface area contributed by atoms with Gasteiger partial charge < -0.3 is 4.74 Å². The highest BCUT2D eigenvalue weighted by Gasteiger charge is 2.39. The van der Waals surface area contributed by atoms with E-state index in [1.165, 1.54) is 44.2 Å². The van der Waals surface area contributed by atoms with Crippen LogP contribution in [0.1, 0.15) is 51.5 Å². The van der Waals surface area contributed by atoms with Crippen molar-refractivity contribution in [1.82, 2.24) is 9.80 Å². The van der Waals surface area contributed by atoms with Crippen LogP contribution < -0.4 is 4.74 Å². The van der Waals surface area contributed by atoms with Gasteiger partial charge in [0.2, 0.25) is 0 Å². The van der Waals surface area contributed by atoms with Crippen LogP contribution >= 0.6 is 0 Å². The van der Waals surface area contributed by atoms with Gasteiger partial charge in [0.05, 0.1) is 6.61 Å². The van der Waals surface area contributed by atoms with Crippen LogP contribution in [0.15, 0.2) is 36.9 Å². The minimum atomic E-state index is 0.146. The second-order valence-electron chi connectivity index (χ2n) is 7.40. The Morgan fingerprint density at radius 1 is 1.16 bits per heavy atom. The van der Waals surface area contributed by atoms with Crippen LogP contribution in [0.2, 0.25) is 0 Å². The van der Waals surface area contributed by atoms with E-state index in [0.29, 0.717) is 6.04 Å². The van der Waals surface area contributed by atoms with E-state index in [1.54, 1.807) is 0 Å². The van der Waals surface area contributed by atoms with E-state index in [2.05, 4.69) is 67.7 Å². The van der Waals surface area contributed by atoms with Gasteiger partial charge in [0, 0.05) is 18.1 Å². The number of ether oxygens (including phenoxy) is 1. The lowest BCUT2D eigenvalue weighted by molar-refractivity contribution is 0.0528. The monoisotopic (exact) mass is 344 g/mol. The van der Waals surface area contributed by atoms with E-state index in [4.69, 9.17) is 4.74 Å². The van der Waals surface area contributed by atoms with Gasteiger partial charge in [0.25, 0.3) is 0 Å². The summed E-state index contributed by atoms with van der Waals surface area (Å²) in [4.78, 5) is 5.04. The van der Waals surface area contributed by atoms with Crippen molar-refractivity contribution < 1.29 is 4.74 Å². The number of rotatable bonds is 9.